The molecule has 2 saturated carbocycles. The van der Waals surface area contributed by atoms with Crippen molar-refractivity contribution in [3.8, 4) is 0 Å². The van der Waals surface area contributed by atoms with Gasteiger partial charge in [0, 0.05) is 5.41 Å². The minimum atomic E-state index is -0.203. The van der Waals surface area contributed by atoms with Gasteiger partial charge in [0.05, 0.1) is 0 Å². The van der Waals surface area contributed by atoms with Crippen LogP contribution in [0.5, 0.6) is 0 Å². The first kappa shape index (κ1) is 9.04. The van der Waals surface area contributed by atoms with Crippen LogP contribution >= 0.6 is 0 Å². The van der Waals surface area contributed by atoms with Gasteiger partial charge < -0.3 is 5.73 Å². The van der Waals surface area contributed by atoms with Crippen LogP contribution in [0.1, 0.15) is 46.0 Å². The predicted molar refractivity (Wildman–Crippen MR) is 52.0 cm³/mol. The summed E-state index contributed by atoms with van der Waals surface area (Å²) >= 11 is 0. The Morgan fingerprint density at radius 2 is 2.15 bits per heavy atom. The predicted octanol–water partition coefficient (Wildman–Crippen LogP) is 2.08. The van der Waals surface area contributed by atoms with Gasteiger partial charge in [-0.1, -0.05) is 20.3 Å². The minimum Gasteiger partial charge on any atom is -0.369 e. The van der Waals surface area contributed by atoms with Gasteiger partial charge in [-0.15, -0.1) is 0 Å². The van der Waals surface area contributed by atoms with Crippen molar-refractivity contribution in [2.45, 2.75) is 46.0 Å². The van der Waals surface area contributed by atoms with Gasteiger partial charge in [0.15, 0.2) is 0 Å². The summed E-state index contributed by atoms with van der Waals surface area (Å²) in [5, 5.41) is 0. The molecule has 2 N–H and O–H groups in total. The van der Waals surface area contributed by atoms with E-state index in [-0.39, 0.29) is 11.3 Å². The first-order valence-electron chi connectivity index (χ1n) is 5.26. The third kappa shape index (κ3) is 1.18. The van der Waals surface area contributed by atoms with E-state index in [4.69, 9.17) is 5.73 Å². The lowest BCUT2D eigenvalue weighted by atomic mass is 9.76. The fraction of sp³-hybridized carbons (Fsp3) is 0.909. The molecule has 2 heteroatoms. The molecule has 2 aliphatic rings. The summed E-state index contributed by atoms with van der Waals surface area (Å²) in [6, 6.07) is 0. The van der Waals surface area contributed by atoms with Gasteiger partial charge in [-0.3, -0.25) is 4.79 Å². The van der Waals surface area contributed by atoms with E-state index in [1.165, 1.54) is 25.7 Å². The first-order chi connectivity index (χ1) is 5.96. The molecule has 0 spiro atoms. The number of carbonyl (C=O) groups excluding carboxylic acids is 1. The van der Waals surface area contributed by atoms with Crippen molar-refractivity contribution in [2.75, 3.05) is 0 Å². The van der Waals surface area contributed by atoms with Crippen LogP contribution in [0.15, 0.2) is 0 Å². The van der Waals surface area contributed by atoms with Crippen molar-refractivity contribution in [1.29, 1.82) is 0 Å². The third-order valence-electron chi connectivity index (χ3n) is 4.33. The number of hydrogen-bond acceptors (Lipinski definition) is 1. The lowest BCUT2D eigenvalue weighted by molar-refractivity contribution is -0.128. The van der Waals surface area contributed by atoms with E-state index in [0.717, 1.165) is 6.42 Å². The highest BCUT2D eigenvalue weighted by molar-refractivity contribution is 5.81. The van der Waals surface area contributed by atoms with Crippen molar-refractivity contribution < 1.29 is 4.79 Å². The molecule has 0 saturated heterocycles. The van der Waals surface area contributed by atoms with Crippen molar-refractivity contribution in [1.82, 2.24) is 0 Å². The Hall–Kier alpha value is -0.530. The van der Waals surface area contributed by atoms with Crippen LogP contribution < -0.4 is 5.73 Å². The van der Waals surface area contributed by atoms with Crippen LogP contribution in [-0.2, 0) is 4.79 Å². The van der Waals surface area contributed by atoms with E-state index in [0.29, 0.717) is 11.3 Å². The van der Waals surface area contributed by atoms with Crippen molar-refractivity contribution in [2.24, 2.45) is 22.5 Å². The van der Waals surface area contributed by atoms with Crippen molar-refractivity contribution >= 4 is 5.91 Å². The van der Waals surface area contributed by atoms with Gasteiger partial charge in [-0.2, -0.15) is 0 Å². The summed E-state index contributed by atoms with van der Waals surface area (Å²) in [5.41, 5.74) is 5.71. The number of carbonyl (C=O) groups is 1. The van der Waals surface area contributed by atoms with Crippen LogP contribution in [0.4, 0.5) is 0 Å². The van der Waals surface area contributed by atoms with Gasteiger partial charge in [-0.05, 0) is 37.0 Å². The minimum absolute atomic E-state index is 0.0804. The SMILES string of the molecule is C[C@@]12CCC[C@@H](C1)[C@](C)(C(N)=O)C2. The summed E-state index contributed by atoms with van der Waals surface area (Å²) in [6.07, 6.45) is 6.00. The smallest absolute Gasteiger partial charge is 0.223 e. The van der Waals surface area contributed by atoms with E-state index in [1.807, 2.05) is 0 Å². The molecule has 2 fully saturated rings. The fourth-order valence-corrected chi connectivity index (χ4v) is 3.60. The van der Waals surface area contributed by atoms with Gasteiger partial charge in [0.25, 0.3) is 0 Å². The number of primary amides is 1. The summed E-state index contributed by atoms with van der Waals surface area (Å²) in [5.74, 6) is 0.479. The topological polar surface area (TPSA) is 43.1 Å². The van der Waals surface area contributed by atoms with Crippen LogP contribution in [0.2, 0.25) is 0 Å². The lowest BCUT2D eigenvalue weighted by Crippen LogP contribution is -2.37. The van der Waals surface area contributed by atoms with Crippen molar-refractivity contribution in [3.05, 3.63) is 0 Å². The first-order valence-corrected chi connectivity index (χ1v) is 5.26. The number of rotatable bonds is 1. The highest BCUT2D eigenvalue weighted by Gasteiger charge is 2.54. The molecule has 0 aromatic rings. The molecule has 74 valence electrons. The number of fused-ring (bicyclic) bond motifs is 2. The largest absolute Gasteiger partial charge is 0.369 e. The molecule has 3 atom stereocenters. The molecule has 0 heterocycles. The van der Waals surface area contributed by atoms with E-state index < -0.39 is 0 Å². The van der Waals surface area contributed by atoms with Crippen LogP contribution in [0.3, 0.4) is 0 Å². The van der Waals surface area contributed by atoms with E-state index in [2.05, 4.69) is 13.8 Å². The molecular weight excluding hydrogens is 162 g/mol. The maximum absolute atomic E-state index is 11.4. The Bertz CT molecular complexity index is 250. The van der Waals surface area contributed by atoms with Crippen molar-refractivity contribution in [3.63, 3.8) is 0 Å². The molecule has 2 rings (SSSR count). The molecule has 2 aliphatic carbocycles. The standard InChI is InChI=1S/C11H19NO/c1-10-5-3-4-8(6-10)11(2,7-10)9(12)13/h8H,3-7H2,1-2H3,(H2,12,13)/t8-,10+,11+/m0/s1. The molecule has 0 aromatic heterocycles. The summed E-state index contributed by atoms with van der Waals surface area (Å²) in [6.45, 7) is 4.38. The lowest BCUT2D eigenvalue weighted by Gasteiger charge is -2.29. The van der Waals surface area contributed by atoms with E-state index in [9.17, 15) is 4.79 Å². The molecular formula is C11H19NO. The second kappa shape index (κ2) is 2.49. The third-order valence-corrected chi connectivity index (χ3v) is 4.33. The number of nitrogens with two attached hydrogens (primary N) is 1. The number of hydrogen-bond donors (Lipinski definition) is 1. The molecule has 13 heavy (non-hydrogen) atoms. The Labute approximate surface area is 79.9 Å². The second-order valence-corrected chi connectivity index (χ2v) is 5.56. The Morgan fingerprint density at radius 1 is 1.46 bits per heavy atom. The number of amides is 1. The summed E-state index contributed by atoms with van der Waals surface area (Å²) in [4.78, 5) is 11.4. The molecule has 0 aromatic carbocycles. The monoisotopic (exact) mass is 181 g/mol. The van der Waals surface area contributed by atoms with Crippen LogP contribution in [0, 0.1) is 16.7 Å². The molecule has 0 radical (unpaired) electrons. The highest BCUT2D eigenvalue weighted by atomic mass is 16.1. The Kier molecular flexibility index (Phi) is 1.73. The Balaban J connectivity index is 2.30. The normalized spacial score (nSPS) is 49.2. The zero-order valence-corrected chi connectivity index (χ0v) is 8.60. The zero-order chi connectivity index (χ0) is 9.69. The fourth-order valence-electron chi connectivity index (χ4n) is 3.60. The molecule has 0 unspecified atom stereocenters. The van der Waals surface area contributed by atoms with Crippen LogP contribution in [0.25, 0.3) is 0 Å². The maximum atomic E-state index is 11.4. The molecule has 1 amide bonds. The molecule has 2 bridgehead atoms. The second-order valence-electron chi connectivity index (χ2n) is 5.56. The quantitative estimate of drug-likeness (QED) is 0.661. The molecule has 0 aliphatic heterocycles. The van der Waals surface area contributed by atoms with Gasteiger partial charge in [0.1, 0.15) is 0 Å². The van der Waals surface area contributed by atoms with Crippen LogP contribution in [-0.4, -0.2) is 5.91 Å². The average Bonchev–Trinajstić information content (AvgIpc) is 2.19. The zero-order valence-electron chi connectivity index (χ0n) is 8.60. The van der Waals surface area contributed by atoms with Gasteiger partial charge >= 0.3 is 0 Å². The maximum Gasteiger partial charge on any atom is 0.223 e. The van der Waals surface area contributed by atoms with Gasteiger partial charge in [-0.25, -0.2) is 0 Å². The van der Waals surface area contributed by atoms with Gasteiger partial charge in [0.2, 0.25) is 5.91 Å². The van der Waals surface area contributed by atoms with E-state index >= 15 is 0 Å². The Morgan fingerprint density at radius 3 is 2.69 bits per heavy atom. The average molecular weight is 181 g/mol. The van der Waals surface area contributed by atoms with E-state index in [1.54, 1.807) is 0 Å². The summed E-state index contributed by atoms with van der Waals surface area (Å²) < 4.78 is 0. The summed E-state index contributed by atoms with van der Waals surface area (Å²) in [7, 11) is 0. The molecule has 2 nitrogen and oxygen atoms in total. The highest BCUT2D eigenvalue weighted by Crippen LogP contribution is 2.59.